The number of furan rings is 1. The van der Waals surface area contributed by atoms with Gasteiger partial charge in [-0.15, -0.1) is 0 Å². The monoisotopic (exact) mass is 320 g/mol. The molecule has 0 fully saturated rings. The molecule has 1 aromatic heterocycles. The number of hydrogen-bond acceptors (Lipinski definition) is 4. The van der Waals surface area contributed by atoms with Gasteiger partial charge in [-0.3, -0.25) is 9.59 Å². The Labute approximate surface area is 132 Å². The van der Waals surface area contributed by atoms with Gasteiger partial charge in [-0.1, -0.05) is 6.07 Å². The zero-order valence-corrected chi connectivity index (χ0v) is 12.5. The Kier molecular flexibility index (Phi) is 5.48. The van der Waals surface area contributed by atoms with E-state index in [4.69, 9.17) is 4.42 Å². The van der Waals surface area contributed by atoms with Crippen molar-refractivity contribution in [1.29, 1.82) is 0 Å². The molecule has 0 saturated carbocycles. The number of aliphatic hydroxyl groups is 1. The SMILES string of the molecule is Cc1ccc(NC(=O)C(=O)NCC[C@H](O)c2ccco2)cc1F. The topological polar surface area (TPSA) is 91.6 Å². The molecular weight excluding hydrogens is 303 g/mol. The van der Waals surface area contributed by atoms with Crippen LogP contribution >= 0.6 is 0 Å². The summed E-state index contributed by atoms with van der Waals surface area (Å²) < 4.78 is 18.4. The molecule has 7 heteroatoms. The van der Waals surface area contributed by atoms with Gasteiger partial charge in [-0.2, -0.15) is 0 Å². The predicted octanol–water partition coefficient (Wildman–Crippen LogP) is 1.91. The van der Waals surface area contributed by atoms with Crippen molar-refractivity contribution in [2.24, 2.45) is 0 Å². The molecule has 0 radical (unpaired) electrons. The van der Waals surface area contributed by atoms with Gasteiger partial charge in [0.25, 0.3) is 0 Å². The Balaban J connectivity index is 1.78. The second-order valence-corrected chi connectivity index (χ2v) is 4.99. The number of anilines is 1. The number of amides is 2. The summed E-state index contributed by atoms with van der Waals surface area (Å²) in [4.78, 5) is 23.3. The summed E-state index contributed by atoms with van der Waals surface area (Å²) in [5.74, 6) is -1.85. The molecule has 1 atom stereocenters. The second-order valence-electron chi connectivity index (χ2n) is 4.99. The lowest BCUT2D eigenvalue weighted by Crippen LogP contribution is -2.36. The number of benzene rings is 1. The maximum Gasteiger partial charge on any atom is 0.313 e. The minimum absolute atomic E-state index is 0.0936. The van der Waals surface area contributed by atoms with Gasteiger partial charge in [0.2, 0.25) is 0 Å². The van der Waals surface area contributed by atoms with Crippen LogP contribution in [0.15, 0.2) is 41.0 Å². The molecule has 0 aliphatic heterocycles. The fraction of sp³-hybridized carbons (Fsp3) is 0.250. The van der Waals surface area contributed by atoms with Crippen LogP contribution in [0.1, 0.15) is 23.8 Å². The molecule has 0 unspecified atom stereocenters. The van der Waals surface area contributed by atoms with Crippen LogP contribution in [0.4, 0.5) is 10.1 Å². The Morgan fingerprint density at radius 2 is 2.09 bits per heavy atom. The van der Waals surface area contributed by atoms with Crippen molar-refractivity contribution in [3.63, 3.8) is 0 Å². The van der Waals surface area contributed by atoms with Crippen LogP contribution < -0.4 is 10.6 Å². The minimum Gasteiger partial charge on any atom is -0.467 e. The molecule has 23 heavy (non-hydrogen) atoms. The van der Waals surface area contributed by atoms with Gasteiger partial charge in [-0.25, -0.2) is 4.39 Å². The number of aliphatic hydroxyl groups excluding tert-OH is 1. The smallest absolute Gasteiger partial charge is 0.313 e. The molecule has 2 rings (SSSR count). The third-order valence-corrected chi connectivity index (χ3v) is 3.21. The van der Waals surface area contributed by atoms with Gasteiger partial charge < -0.3 is 20.2 Å². The number of carbonyl (C=O) groups is 2. The zero-order chi connectivity index (χ0) is 16.8. The van der Waals surface area contributed by atoms with Crippen molar-refractivity contribution >= 4 is 17.5 Å². The van der Waals surface area contributed by atoms with Crippen molar-refractivity contribution < 1.29 is 23.5 Å². The maximum absolute atomic E-state index is 13.4. The van der Waals surface area contributed by atoms with Gasteiger partial charge in [0.1, 0.15) is 17.7 Å². The van der Waals surface area contributed by atoms with Crippen molar-refractivity contribution in [3.05, 3.63) is 53.7 Å². The molecule has 122 valence electrons. The summed E-state index contributed by atoms with van der Waals surface area (Å²) in [5, 5.41) is 14.4. The van der Waals surface area contributed by atoms with Crippen molar-refractivity contribution in [1.82, 2.24) is 5.32 Å². The summed E-state index contributed by atoms with van der Waals surface area (Å²) in [7, 11) is 0. The molecule has 3 N–H and O–H groups in total. The van der Waals surface area contributed by atoms with Crippen LogP contribution in [0.25, 0.3) is 0 Å². The van der Waals surface area contributed by atoms with Gasteiger partial charge in [0.15, 0.2) is 0 Å². The van der Waals surface area contributed by atoms with Crippen molar-refractivity contribution in [2.75, 3.05) is 11.9 Å². The van der Waals surface area contributed by atoms with E-state index >= 15 is 0 Å². The number of carbonyl (C=O) groups excluding carboxylic acids is 2. The number of rotatable bonds is 5. The minimum atomic E-state index is -0.902. The fourth-order valence-electron chi connectivity index (χ4n) is 1.88. The van der Waals surface area contributed by atoms with E-state index in [9.17, 15) is 19.1 Å². The average Bonchev–Trinajstić information content (AvgIpc) is 3.05. The number of nitrogens with one attached hydrogen (secondary N) is 2. The van der Waals surface area contributed by atoms with E-state index in [1.165, 1.54) is 18.4 Å². The first kappa shape index (κ1) is 16.7. The van der Waals surface area contributed by atoms with E-state index < -0.39 is 23.7 Å². The van der Waals surface area contributed by atoms with E-state index in [0.717, 1.165) is 6.07 Å². The Hall–Kier alpha value is -2.67. The Morgan fingerprint density at radius 3 is 2.74 bits per heavy atom. The molecule has 0 aliphatic carbocycles. The second kappa shape index (κ2) is 7.55. The summed E-state index contributed by atoms with van der Waals surface area (Å²) in [6.07, 6.45) is 0.774. The van der Waals surface area contributed by atoms with Crippen molar-refractivity contribution in [3.8, 4) is 0 Å². The molecule has 1 aromatic carbocycles. The van der Waals surface area contributed by atoms with E-state index in [1.54, 1.807) is 19.1 Å². The van der Waals surface area contributed by atoms with Crippen LogP contribution in [0.5, 0.6) is 0 Å². The lowest BCUT2D eigenvalue weighted by molar-refractivity contribution is -0.136. The lowest BCUT2D eigenvalue weighted by atomic mass is 10.2. The Morgan fingerprint density at radius 1 is 1.30 bits per heavy atom. The van der Waals surface area contributed by atoms with E-state index in [-0.39, 0.29) is 18.7 Å². The molecule has 0 aliphatic rings. The van der Waals surface area contributed by atoms with Gasteiger partial charge in [-0.05, 0) is 43.2 Å². The predicted molar refractivity (Wildman–Crippen MR) is 81.1 cm³/mol. The van der Waals surface area contributed by atoms with Crippen LogP contribution in [0.3, 0.4) is 0 Å². The molecule has 6 nitrogen and oxygen atoms in total. The molecule has 0 spiro atoms. The van der Waals surface area contributed by atoms with E-state index in [2.05, 4.69) is 10.6 Å². The van der Waals surface area contributed by atoms with Gasteiger partial charge in [0.05, 0.1) is 6.26 Å². The molecule has 2 amide bonds. The fourth-order valence-corrected chi connectivity index (χ4v) is 1.88. The molecule has 0 saturated heterocycles. The molecule has 1 heterocycles. The van der Waals surface area contributed by atoms with Crippen LogP contribution in [0, 0.1) is 12.7 Å². The van der Waals surface area contributed by atoms with E-state index in [1.807, 2.05) is 0 Å². The van der Waals surface area contributed by atoms with Gasteiger partial charge in [0, 0.05) is 12.2 Å². The molecule has 2 aromatic rings. The zero-order valence-electron chi connectivity index (χ0n) is 12.5. The quantitative estimate of drug-likeness (QED) is 0.734. The summed E-state index contributed by atoms with van der Waals surface area (Å²) >= 11 is 0. The molecule has 0 bridgehead atoms. The number of hydrogen-bond donors (Lipinski definition) is 3. The van der Waals surface area contributed by atoms with Crippen molar-refractivity contribution in [2.45, 2.75) is 19.4 Å². The highest BCUT2D eigenvalue weighted by Gasteiger charge is 2.15. The molecular formula is C16H17FN2O4. The summed E-state index contributed by atoms with van der Waals surface area (Å²) in [6.45, 7) is 1.69. The van der Waals surface area contributed by atoms with Crippen LogP contribution in [-0.2, 0) is 9.59 Å². The third kappa shape index (κ3) is 4.65. The van der Waals surface area contributed by atoms with Crippen LogP contribution in [0.2, 0.25) is 0 Å². The number of halogens is 1. The highest BCUT2D eigenvalue weighted by atomic mass is 19.1. The Bertz CT molecular complexity index is 685. The normalized spacial score (nSPS) is 11.8. The first-order chi connectivity index (χ1) is 11.0. The highest BCUT2D eigenvalue weighted by molar-refractivity contribution is 6.39. The van der Waals surface area contributed by atoms with Gasteiger partial charge >= 0.3 is 11.8 Å². The first-order valence-electron chi connectivity index (χ1n) is 7.04. The van der Waals surface area contributed by atoms with Crippen LogP contribution in [-0.4, -0.2) is 23.5 Å². The first-order valence-corrected chi connectivity index (χ1v) is 7.04. The average molecular weight is 320 g/mol. The third-order valence-electron chi connectivity index (χ3n) is 3.21. The largest absolute Gasteiger partial charge is 0.467 e. The highest BCUT2D eigenvalue weighted by Crippen LogP contribution is 2.16. The van der Waals surface area contributed by atoms with E-state index in [0.29, 0.717) is 11.3 Å². The number of aryl methyl sites for hydroxylation is 1. The summed E-state index contributed by atoms with van der Waals surface area (Å²) in [5.41, 5.74) is 0.642. The maximum atomic E-state index is 13.4. The standard InChI is InChI=1S/C16H17FN2O4/c1-10-4-5-11(9-12(10)17)19-16(22)15(21)18-7-6-13(20)14-3-2-8-23-14/h2-5,8-9,13,20H,6-7H2,1H3,(H,18,21)(H,19,22)/t13-/m0/s1. The summed E-state index contributed by atoms with van der Waals surface area (Å²) in [6, 6.07) is 7.41. The lowest BCUT2D eigenvalue weighted by Gasteiger charge is -2.09.